The van der Waals surface area contributed by atoms with Crippen LogP contribution in [0.2, 0.25) is 5.02 Å². The van der Waals surface area contributed by atoms with Gasteiger partial charge in [-0.2, -0.15) is 0 Å². The molecule has 17 heavy (non-hydrogen) atoms. The zero-order valence-corrected chi connectivity index (χ0v) is 10.3. The van der Waals surface area contributed by atoms with Gasteiger partial charge in [0.15, 0.2) is 0 Å². The quantitative estimate of drug-likeness (QED) is 0.643. The fraction of sp³-hybridized carbons (Fsp3) is 0.455. The highest BCUT2D eigenvalue weighted by Crippen LogP contribution is 2.34. The summed E-state index contributed by atoms with van der Waals surface area (Å²) < 4.78 is 0. The third-order valence-corrected chi connectivity index (χ3v) is 3.28. The molecule has 2 rings (SSSR count). The van der Waals surface area contributed by atoms with Crippen LogP contribution in [0.25, 0.3) is 0 Å². The van der Waals surface area contributed by atoms with E-state index in [2.05, 4.69) is 10.6 Å². The first-order valence-corrected chi connectivity index (χ1v) is 5.81. The number of hydrogen-bond acceptors (Lipinski definition) is 4. The fourth-order valence-corrected chi connectivity index (χ4v) is 2.29. The largest absolute Gasteiger partial charge is 0.373 e. The highest BCUT2D eigenvalue weighted by atomic mass is 35.5. The Bertz CT molecular complexity index is 444. The van der Waals surface area contributed by atoms with E-state index < -0.39 is 4.92 Å². The summed E-state index contributed by atoms with van der Waals surface area (Å²) in [6, 6.07) is 4.93. The Morgan fingerprint density at radius 1 is 1.59 bits per heavy atom. The molecule has 0 saturated carbocycles. The number of nitrogens with zero attached hydrogens (tertiary/aromatic N) is 1. The Balaban J connectivity index is 2.32. The number of benzene rings is 1. The maximum atomic E-state index is 11.0. The van der Waals surface area contributed by atoms with Crippen molar-refractivity contribution in [2.24, 2.45) is 0 Å². The molecule has 92 valence electrons. The summed E-state index contributed by atoms with van der Waals surface area (Å²) in [5.41, 5.74) is 0.270. The predicted octanol–water partition coefficient (Wildman–Crippen LogP) is 2.41. The van der Waals surface area contributed by atoms with Gasteiger partial charge in [0.05, 0.1) is 4.92 Å². The van der Waals surface area contributed by atoms with Gasteiger partial charge in [0.25, 0.3) is 0 Å². The van der Waals surface area contributed by atoms with Gasteiger partial charge in [-0.25, -0.2) is 0 Å². The summed E-state index contributed by atoms with van der Waals surface area (Å²) in [6.07, 6.45) is 0.927. The second kappa shape index (κ2) is 4.50. The average molecular weight is 256 g/mol. The molecular weight excluding hydrogens is 242 g/mol. The van der Waals surface area contributed by atoms with Crippen LogP contribution in [0.15, 0.2) is 18.2 Å². The minimum Gasteiger partial charge on any atom is -0.373 e. The highest BCUT2D eigenvalue weighted by Gasteiger charge is 2.31. The lowest BCUT2D eigenvalue weighted by atomic mass is 10.0. The van der Waals surface area contributed by atoms with Crippen LogP contribution in [0.3, 0.4) is 0 Å². The molecule has 5 nitrogen and oxygen atoms in total. The third kappa shape index (κ3) is 2.50. The van der Waals surface area contributed by atoms with Crippen LogP contribution < -0.4 is 10.6 Å². The van der Waals surface area contributed by atoms with E-state index in [0.717, 1.165) is 19.5 Å². The first kappa shape index (κ1) is 12.1. The van der Waals surface area contributed by atoms with Gasteiger partial charge in [-0.15, -0.1) is 0 Å². The summed E-state index contributed by atoms with van der Waals surface area (Å²) in [4.78, 5) is 10.5. The van der Waals surface area contributed by atoms with E-state index >= 15 is 0 Å². The molecule has 1 saturated heterocycles. The van der Waals surface area contributed by atoms with E-state index in [9.17, 15) is 10.1 Å². The number of rotatable bonds is 3. The van der Waals surface area contributed by atoms with Crippen molar-refractivity contribution in [1.29, 1.82) is 0 Å². The summed E-state index contributed by atoms with van der Waals surface area (Å²) in [7, 11) is 0. The van der Waals surface area contributed by atoms with Crippen LogP contribution in [0.4, 0.5) is 11.4 Å². The second-order valence-electron chi connectivity index (χ2n) is 4.51. The van der Waals surface area contributed by atoms with Gasteiger partial charge in [0.2, 0.25) is 0 Å². The van der Waals surface area contributed by atoms with Crippen molar-refractivity contribution in [3.8, 4) is 0 Å². The minimum atomic E-state index is -0.448. The second-order valence-corrected chi connectivity index (χ2v) is 4.91. The monoisotopic (exact) mass is 255 g/mol. The van der Waals surface area contributed by atoms with Crippen molar-refractivity contribution in [3.63, 3.8) is 0 Å². The number of nitro benzene ring substituents is 1. The van der Waals surface area contributed by atoms with Crippen molar-refractivity contribution in [3.05, 3.63) is 33.3 Å². The maximum Gasteiger partial charge on any atom is 0.310 e. The molecule has 0 aromatic heterocycles. The molecular formula is C11H14ClN3O2. The Labute approximate surface area is 104 Å². The van der Waals surface area contributed by atoms with E-state index in [4.69, 9.17) is 11.6 Å². The predicted molar refractivity (Wildman–Crippen MR) is 67.6 cm³/mol. The molecule has 6 heteroatoms. The number of halogens is 1. The van der Waals surface area contributed by atoms with Gasteiger partial charge >= 0.3 is 5.69 Å². The van der Waals surface area contributed by atoms with E-state index in [1.54, 1.807) is 12.1 Å². The Kier molecular flexibility index (Phi) is 3.22. The first-order chi connectivity index (χ1) is 8.02. The molecule has 0 amide bonds. The molecule has 1 fully saturated rings. The van der Waals surface area contributed by atoms with E-state index in [-0.39, 0.29) is 16.2 Å². The van der Waals surface area contributed by atoms with Crippen molar-refractivity contribution in [2.75, 3.05) is 18.4 Å². The summed E-state index contributed by atoms with van der Waals surface area (Å²) in [6.45, 7) is 3.74. The fourth-order valence-electron chi connectivity index (χ4n) is 2.05. The molecule has 1 heterocycles. The van der Waals surface area contributed by atoms with E-state index in [1.165, 1.54) is 6.07 Å². The number of nitro groups is 1. The van der Waals surface area contributed by atoms with E-state index in [0.29, 0.717) is 5.69 Å². The normalized spacial score (nSPS) is 23.6. The van der Waals surface area contributed by atoms with Crippen molar-refractivity contribution >= 4 is 23.0 Å². The third-order valence-electron chi connectivity index (χ3n) is 2.97. The molecule has 0 radical (unpaired) electrons. The lowest BCUT2D eigenvalue weighted by Crippen LogP contribution is -2.37. The Morgan fingerprint density at radius 2 is 2.35 bits per heavy atom. The van der Waals surface area contributed by atoms with Gasteiger partial charge in [-0.05, 0) is 32.0 Å². The lowest BCUT2D eigenvalue weighted by molar-refractivity contribution is -0.383. The van der Waals surface area contributed by atoms with Gasteiger partial charge < -0.3 is 10.6 Å². The lowest BCUT2D eigenvalue weighted by Gasteiger charge is -2.25. The Hall–Kier alpha value is -1.33. The van der Waals surface area contributed by atoms with Crippen LogP contribution in [0, 0.1) is 10.1 Å². The zero-order chi connectivity index (χ0) is 12.5. The Morgan fingerprint density at radius 3 is 2.94 bits per heavy atom. The molecule has 1 atom stereocenters. The SMILES string of the molecule is CC1(Nc2cccc(Cl)c2[N+](=O)[O-])CCNC1. The standard InChI is InChI=1S/C11H14ClN3O2/c1-11(5-6-13-7-11)14-9-4-2-3-8(12)10(9)15(16)17/h2-4,13-14H,5-7H2,1H3. The number of hydrogen-bond donors (Lipinski definition) is 2. The van der Waals surface area contributed by atoms with Crippen LogP contribution in [-0.2, 0) is 0 Å². The molecule has 1 aromatic carbocycles. The zero-order valence-electron chi connectivity index (χ0n) is 9.50. The number of nitrogens with one attached hydrogen (secondary N) is 2. The van der Waals surface area contributed by atoms with Gasteiger partial charge in [-0.1, -0.05) is 17.7 Å². The van der Waals surface area contributed by atoms with Gasteiger partial charge in [0.1, 0.15) is 10.7 Å². The summed E-state index contributed by atoms with van der Waals surface area (Å²) in [5, 5.41) is 17.6. The number of anilines is 1. The molecule has 0 bridgehead atoms. The average Bonchev–Trinajstić information content (AvgIpc) is 2.64. The minimum absolute atomic E-state index is 0.0534. The molecule has 1 aliphatic rings. The molecule has 0 aliphatic carbocycles. The highest BCUT2D eigenvalue weighted by molar-refractivity contribution is 6.33. The molecule has 0 spiro atoms. The maximum absolute atomic E-state index is 11.0. The molecule has 1 aromatic rings. The van der Waals surface area contributed by atoms with Crippen molar-refractivity contribution < 1.29 is 4.92 Å². The van der Waals surface area contributed by atoms with Crippen molar-refractivity contribution in [2.45, 2.75) is 18.9 Å². The first-order valence-electron chi connectivity index (χ1n) is 5.44. The van der Waals surface area contributed by atoms with Crippen LogP contribution in [0.1, 0.15) is 13.3 Å². The molecule has 1 aliphatic heterocycles. The van der Waals surface area contributed by atoms with Gasteiger partial charge in [-0.3, -0.25) is 10.1 Å². The smallest absolute Gasteiger partial charge is 0.310 e. The van der Waals surface area contributed by atoms with Crippen LogP contribution >= 0.6 is 11.6 Å². The topological polar surface area (TPSA) is 67.2 Å². The molecule has 1 unspecified atom stereocenters. The van der Waals surface area contributed by atoms with E-state index in [1.807, 2.05) is 6.92 Å². The summed E-state index contributed by atoms with van der Waals surface area (Å²) >= 11 is 5.86. The summed E-state index contributed by atoms with van der Waals surface area (Å²) in [5.74, 6) is 0. The number of para-hydroxylation sites is 1. The van der Waals surface area contributed by atoms with Gasteiger partial charge in [0, 0.05) is 12.1 Å². The van der Waals surface area contributed by atoms with Crippen LogP contribution in [-0.4, -0.2) is 23.6 Å². The van der Waals surface area contributed by atoms with Crippen molar-refractivity contribution in [1.82, 2.24) is 5.32 Å². The molecule has 2 N–H and O–H groups in total. The van der Waals surface area contributed by atoms with Crippen LogP contribution in [0.5, 0.6) is 0 Å².